The van der Waals surface area contributed by atoms with Crippen LogP contribution < -0.4 is 15.5 Å². The van der Waals surface area contributed by atoms with Crippen LogP contribution in [0.25, 0.3) is 16.5 Å². The minimum atomic E-state index is -0.677. The smallest absolute Gasteiger partial charge is 0.412 e. The summed E-state index contributed by atoms with van der Waals surface area (Å²) < 4.78 is 24.2. The molecule has 0 radical (unpaired) electrons. The molecule has 4 aromatic rings. The number of amides is 2. The lowest BCUT2D eigenvalue weighted by molar-refractivity contribution is 0.0635. The standard InChI is InChI=1S/C35H39FN6O4S/c1-35(2,3)46-34(44)40-29-14-10-25(31-6-5-19-47-31)20-30(29)39-32(43)26-21-37-33(38-22-26)42-17-15-41(16-18-42)28(23-45-4)13-9-24-7-11-27(36)12-8-24/h5-14,19-22,28H,15-18,23H2,1-4H3,(H,39,43)(H,40,44)/b13-9+. The zero-order chi connectivity index (χ0) is 33.4. The monoisotopic (exact) mass is 658 g/mol. The van der Waals surface area contributed by atoms with Crippen molar-refractivity contribution in [2.75, 3.05) is 55.4 Å². The average Bonchev–Trinajstić information content (AvgIpc) is 3.59. The van der Waals surface area contributed by atoms with Crippen LogP contribution in [0.4, 0.5) is 26.5 Å². The van der Waals surface area contributed by atoms with Gasteiger partial charge >= 0.3 is 6.09 Å². The third-order valence-electron chi connectivity index (χ3n) is 7.39. The molecule has 1 aliphatic heterocycles. The van der Waals surface area contributed by atoms with Gasteiger partial charge in [-0.15, -0.1) is 11.3 Å². The van der Waals surface area contributed by atoms with Crippen LogP contribution in [-0.2, 0) is 9.47 Å². The van der Waals surface area contributed by atoms with Gasteiger partial charge in [0.05, 0.1) is 29.6 Å². The van der Waals surface area contributed by atoms with Crippen LogP contribution >= 0.6 is 11.3 Å². The Morgan fingerprint density at radius 3 is 2.36 bits per heavy atom. The van der Waals surface area contributed by atoms with Gasteiger partial charge in [0.25, 0.3) is 5.91 Å². The van der Waals surface area contributed by atoms with Gasteiger partial charge in [-0.2, -0.15) is 0 Å². The van der Waals surface area contributed by atoms with E-state index >= 15 is 0 Å². The van der Waals surface area contributed by atoms with E-state index in [-0.39, 0.29) is 17.4 Å². The van der Waals surface area contributed by atoms with Gasteiger partial charge in [0.15, 0.2) is 0 Å². The number of halogens is 1. The van der Waals surface area contributed by atoms with E-state index in [2.05, 4.69) is 36.5 Å². The number of methoxy groups -OCH3 is 1. The minimum Gasteiger partial charge on any atom is -0.444 e. The lowest BCUT2D eigenvalue weighted by atomic mass is 10.1. The molecule has 246 valence electrons. The van der Waals surface area contributed by atoms with Crippen molar-refractivity contribution in [3.8, 4) is 10.4 Å². The molecule has 2 amide bonds. The van der Waals surface area contributed by atoms with Gasteiger partial charge in [-0.3, -0.25) is 15.0 Å². The van der Waals surface area contributed by atoms with Crippen LogP contribution in [0.1, 0.15) is 36.7 Å². The number of nitrogens with one attached hydrogen (secondary N) is 2. The van der Waals surface area contributed by atoms with Gasteiger partial charge in [-0.05, 0) is 67.6 Å². The van der Waals surface area contributed by atoms with Crippen LogP contribution in [0.5, 0.6) is 0 Å². The van der Waals surface area contributed by atoms with Crippen molar-refractivity contribution in [1.82, 2.24) is 14.9 Å². The van der Waals surface area contributed by atoms with Crippen molar-refractivity contribution in [1.29, 1.82) is 0 Å². The predicted molar refractivity (Wildman–Crippen MR) is 184 cm³/mol. The lowest BCUT2D eigenvalue weighted by Gasteiger charge is -2.38. The molecule has 12 heteroatoms. The number of carbonyl (C=O) groups excluding carboxylic acids is 2. The molecule has 0 spiro atoms. The van der Waals surface area contributed by atoms with Gasteiger partial charge in [0.1, 0.15) is 11.4 Å². The SMILES string of the molecule is COCC(/C=C/c1ccc(F)cc1)N1CCN(c2ncc(C(=O)Nc3cc(-c4cccs4)ccc3NC(=O)OC(C)(C)C)cn2)CC1. The molecule has 2 aromatic heterocycles. The van der Waals surface area contributed by atoms with Crippen LogP contribution in [0.3, 0.4) is 0 Å². The number of aromatic nitrogens is 2. The first-order valence-corrected chi connectivity index (χ1v) is 16.2. The summed E-state index contributed by atoms with van der Waals surface area (Å²) in [6.45, 7) is 8.81. The van der Waals surface area contributed by atoms with Crippen molar-refractivity contribution in [3.05, 3.63) is 95.4 Å². The number of rotatable bonds is 10. The maximum absolute atomic E-state index is 13.3. The topological polar surface area (TPSA) is 109 Å². The Bertz CT molecular complexity index is 1670. The second-order valence-electron chi connectivity index (χ2n) is 12.0. The molecule has 0 saturated carbocycles. The summed E-state index contributed by atoms with van der Waals surface area (Å²) in [7, 11) is 1.68. The Morgan fingerprint density at radius 1 is 1.00 bits per heavy atom. The van der Waals surface area contributed by atoms with Gasteiger partial charge in [0.2, 0.25) is 5.95 Å². The molecular formula is C35H39FN6O4S. The predicted octanol–water partition coefficient (Wildman–Crippen LogP) is 6.79. The summed E-state index contributed by atoms with van der Waals surface area (Å²) in [5, 5.41) is 7.63. The van der Waals surface area contributed by atoms with E-state index in [1.165, 1.54) is 24.5 Å². The number of hydrogen-bond acceptors (Lipinski definition) is 9. The number of thiophene rings is 1. The van der Waals surface area contributed by atoms with E-state index in [9.17, 15) is 14.0 Å². The Morgan fingerprint density at radius 2 is 1.72 bits per heavy atom. The Kier molecular flexibility index (Phi) is 11.0. The molecule has 1 aliphatic rings. The Hall–Kier alpha value is -4.65. The molecule has 1 saturated heterocycles. The quantitative estimate of drug-likeness (QED) is 0.192. The fourth-order valence-corrected chi connectivity index (χ4v) is 5.79. The summed E-state index contributed by atoms with van der Waals surface area (Å²) in [6, 6.07) is 15.8. The number of ether oxygens (including phenoxy) is 2. The number of anilines is 3. The molecule has 1 unspecified atom stereocenters. The van der Waals surface area contributed by atoms with Gasteiger partial charge in [-0.25, -0.2) is 19.2 Å². The minimum absolute atomic E-state index is 0.0622. The number of piperazine rings is 1. The molecule has 0 aliphatic carbocycles. The molecule has 10 nitrogen and oxygen atoms in total. The highest BCUT2D eigenvalue weighted by Gasteiger charge is 2.24. The second kappa shape index (κ2) is 15.3. The summed E-state index contributed by atoms with van der Waals surface area (Å²) in [6.07, 6.45) is 6.46. The molecule has 0 bridgehead atoms. The highest BCUT2D eigenvalue weighted by molar-refractivity contribution is 7.13. The van der Waals surface area contributed by atoms with Crippen molar-refractivity contribution >= 4 is 46.7 Å². The van der Waals surface area contributed by atoms with Crippen molar-refractivity contribution in [2.24, 2.45) is 0 Å². The van der Waals surface area contributed by atoms with Crippen LogP contribution in [0.15, 0.2) is 78.4 Å². The summed E-state index contributed by atoms with van der Waals surface area (Å²) in [5.41, 5.74) is 2.25. The fourth-order valence-electron chi connectivity index (χ4n) is 5.07. The van der Waals surface area contributed by atoms with E-state index in [0.29, 0.717) is 37.0 Å². The normalized spacial score (nSPS) is 14.6. The summed E-state index contributed by atoms with van der Waals surface area (Å²) in [4.78, 5) is 40.3. The molecule has 2 aromatic carbocycles. The lowest BCUT2D eigenvalue weighted by Crippen LogP contribution is -2.51. The maximum Gasteiger partial charge on any atom is 0.412 e. The molecular weight excluding hydrogens is 619 g/mol. The van der Waals surface area contributed by atoms with Crippen LogP contribution in [-0.4, -0.2) is 78.4 Å². The number of benzene rings is 2. The molecule has 47 heavy (non-hydrogen) atoms. The van der Waals surface area contributed by atoms with E-state index in [1.807, 2.05) is 35.7 Å². The highest BCUT2D eigenvalue weighted by Crippen LogP contribution is 2.32. The van der Waals surface area contributed by atoms with E-state index < -0.39 is 17.6 Å². The first-order chi connectivity index (χ1) is 22.6. The molecule has 2 N–H and O–H groups in total. The number of carbonyl (C=O) groups is 2. The Balaban J connectivity index is 1.23. The maximum atomic E-state index is 13.3. The van der Waals surface area contributed by atoms with E-state index in [0.717, 1.165) is 29.1 Å². The summed E-state index contributed by atoms with van der Waals surface area (Å²) in [5.74, 6) is -0.130. The van der Waals surface area contributed by atoms with Gasteiger partial charge < -0.3 is 19.7 Å². The zero-order valence-corrected chi connectivity index (χ0v) is 27.7. The third kappa shape index (κ3) is 9.44. The first-order valence-electron chi connectivity index (χ1n) is 15.3. The van der Waals surface area contributed by atoms with Gasteiger partial charge in [-0.1, -0.05) is 36.4 Å². The second-order valence-corrected chi connectivity index (χ2v) is 13.0. The van der Waals surface area contributed by atoms with Crippen molar-refractivity contribution in [3.63, 3.8) is 0 Å². The van der Waals surface area contributed by atoms with E-state index in [4.69, 9.17) is 9.47 Å². The third-order valence-corrected chi connectivity index (χ3v) is 8.31. The molecule has 1 fully saturated rings. The average molecular weight is 659 g/mol. The highest BCUT2D eigenvalue weighted by atomic mass is 32.1. The van der Waals surface area contributed by atoms with Crippen LogP contribution in [0.2, 0.25) is 0 Å². The summed E-state index contributed by atoms with van der Waals surface area (Å²) >= 11 is 1.58. The van der Waals surface area contributed by atoms with Crippen molar-refractivity contribution < 1.29 is 23.5 Å². The van der Waals surface area contributed by atoms with Crippen molar-refractivity contribution in [2.45, 2.75) is 32.4 Å². The number of nitrogens with zero attached hydrogens (tertiary/aromatic N) is 4. The van der Waals surface area contributed by atoms with Crippen LogP contribution in [0, 0.1) is 5.82 Å². The van der Waals surface area contributed by atoms with E-state index in [1.54, 1.807) is 57.4 Å². The Labute approximate surface area is 278 Å². The van der Waals surface area contributed by atoms with Gasteiger partial charge in [0, 0.05) is 50.6 Å². The number of hydrogen-bond donors (Lipinski definition) is 2. The zero-order valence-electron chi connectivity index (χ0n) is 26.9. The molecule has 5 rings (SSSR count). The molecule has 3 heterocycles. The fraction of sp³-hybridized carbons (Fsp3) is 0.314. The molecule has 1 atom stereocenters. The first kappa shape index (κ1) is 33.7. The largest absolute Gasteiger partial charge is 0.444 e.